The van der Waals surface area contributed by atoms with Gasteiger partial charge in [-0.2, -0.15) is 0 Å². The zero-order chi connectivity index (χ0) is 15.4. The molecule has 1 N–H and O–H groups in total. The first-order valence-corrected chi connectivity index (χ1v) is 7.21. The summed E-state index contributed by atoms with van der Waals surface area (Å²) in [4.78, 5) is 20.9. The van der Waals surface area contributed by atoms with Gasteiger partial charge in [-0.25, -0.2) is 9.97 Å². The van der Waals surface area contributed by atoms with E-state index in [0.717, 1.165) is 16.8 Å². The molecule has 6 heteroatoms. The second-order valence-corrected chi connectivity index (χ2v) is 4.95. The third-order valence-corrected chi connectivity index (χ3v) is 3.51. The van der Waals surface area contributed by atoms with Gasteiger partial charge in [0.15, 0.2) is 0 Å². The average Bonchev–Trinajstić information content (AvgIpc) is 2.58. The highest BCUT2D eigenvalue weighted by Gasteiger charge is 2.03. The van der Waals surface area contributed by atoms with Crippen LogP contribution in [0, 0.1) is 0 Å². The van der Waals surface area contributed by atoms with Gasteiger partial charge in [-0.15, -0.1) is 0 Å². The largest absolute Gasteiger partial charge is 0.368 e. The molecule has 0 amide bonds. The van der Waals surface area contributed by atoms with E-state index in [1.165, 1.54) is 0 Å². The van der Waals surface area contributed by atoms with Crippen LogP contribution in [0.2, 0.25) is 6.82 Å². The molecule has 0 fully saturated rings. The van der Waals surface area contributed by atoms with Gasteiger partial charge >= 0.3 is 0 Å². The molecule has 109 valence electrons. The maximum atomic E-state index is 12.3. The van der Waals surface area contributed by atoms with E-state index in [-0.39, 0.29) is 5.56 Å². The number of para-hydroxylation sites is 1. The first kappa shape index (κ1) is 14.3. The van der Waals surface area contributed by atoms with Gasteiger partial charge in [0.2, 0.25) is 0 Å². The average molecular weight is 291 g/mol. The summed E-state index contributed by atoms with van der Waals surface area (Å²) in [5.74, 6) is 0.799. The summed E-state index contributed by atoms with van der Waals surface area (Å²) in [5.41, 5.74) is 1.79. The smallest absolute Gasteiger partial charge is 0.261 e. The molecule has 22 heavy (non-hydrogen) atoms. The topological polar surface area (TPSA) is 59.8 Å². The molecule has 2 heterocycles. The maximum Gasteiger partial charge on any atom is 0.261 e. The van der Waals surface area contributed by atoms with E-state index < -0.39 is 0 Å². The van der Waals surface area contributed by atoms with Crippen molar-refractivity contribution < 1.29 is 0 Å². The summed E-state index contributed by atoms with van der Waals surface area (Å²) in [6.07, 6.45) is 3.40. The van der Waals surface area contributed by atoms with Crippen molar-refractivity contribution >= 4 is 29.5 Å². The lowest BCUT2D eigenvalue weighted by Gasteiger charge is -2.08. The lowest BCUT2D eigenvalue weighted by atomic mass is 9.74. The Morgan fingerprint density at radius 2 is 2.05 bits per heavy atom. The standard InChI is InChI=1S/C16H16BN4O/c1-17-12-6-7-15(19-10-12)18-8-9-21-11-20-14-5-3-2-4-13(14)16(21)22/h2-7,10-11H,8-9H2,1H3,(H,18,19). The van der Waals surface area contributed by atoms with Crippen LogP contribution in [0.25, 0.3) is 10.9 Å². The van der Waals surface area contributed by atoms with Crippen molar-refractivity contribution in [3.8, 4) is 0 Å². The van der Waals surface area contributed by atoms with Crippen molar-refractivity contribution in [3.63, 3.8) is 0 Å². The molecule has 5 nitrogen and oxygen atoms in total. The van der Waals surface area contributed by atoms with Crippen LogP contribution in [0.1, 0.15) is 0 Å². The Hall–Kier alpha value is -2.63. The maximum absolute atomic E-state index is 12.3. The van der Waals surface area contributed by atoms with Crippen LogP contribution in [-0.4, -0.2) is 28.4 Å². The SMILES string of the molecule is C[B]c1ccc(NCCn2cnc3ccccc3c2=O)nc1. The van der Waals surface area contributed by atoms with Gasteiger partial charge in [0.1, 0.15) is 13.1 Å². The number of nitrogens with one attached hydrogen (secondary N) is 1. The minimum atomic E-state index is -0.0173. The summed E-state index contributed by atoms with van der Waals surface area (Å²) in [6, 6.07) is 11.3. The fourth-order valence-electron chi connectivity index (χ4n) is 2.25. The van der Waals surface area contributed by atoms with Gasteiger partial charge in [0, 0.05) is 19.3 Å². The van der Waals surface area contributed by atoms with Gasteiger partial charge in [0.05, 0.1) is 17.2 Å². The van der Waals surface area contributed by atoms with Gasteiger partial charge in [-0.3, -0.25) is 9.36 Å². The number of aromatic nitrogens is 3. The van der Waals surface area contributed by atoms with Crippen molar-refractivity contribution in [3.05, 3.63) is 59.3 Å². The number of hydrogen-bond acceptors (Lipinski definition) is 4. The van der Waals surface area contributed by atoms with Gasteiger partial charge in [0.25, 0.3) is 5.56 Å². The quantitative estimate of drug-likeness (QED) is 0.719. The van der Waals surface area contributed by atoms with Crippen LogP contribution in [0.3, 0.4) is 0 Å². The normalized spacial score (nSPS) is 10.6. The molecular weight excluding hydrogens is 275 g/mol. The minimum Gasteiger partial charge on any atom is -0.368 e. The predicted octanol–water partition coefficient (Wildman–Crippen LogP) is 1.28. The molecule has 1 radical (unpaired) electrons. The molecule has 0 aliphatic carbocycles. The lowest BCUT2D eigenvalue weighted by Crippen LogP contribution is -2.24. The molecule has 0 saturated heterocycles. The van der Waals surface area contributed by atoms with Crippen LogP contribution in [0.5, 0.6) is 0 Å². The van der Waals surface area contributed by atoms with E-state index >= 15 is 0 Å². The Morgan fingerprint density at radius 1 is 1.18 bits per heavy atom. The third kappa shape index (κ3) is 3.00. The molecule has 0 bridgehead atoms. The number of rotatable bonds is 5. The zero-order valence-corrected chi connectivity index (χ0v) is 12.4. The first-order valence-electron chi connectivity index (χ1n) is 7.21. The summed E-state index contributed by atoms with van der Waals surface area (Å²) < 4.78 is 1.61. The van der Waals surface area contributed by atoms with E-state index in [4.69, 9.17) is 0 Å². The van der Waals surface area contributed by atoms with Crippen LogP contribution in [0.15, 0.2) is 53.7 Å². The number of anilines is 1. The monoisotopic (exact) mass is 291 g/mol. The Kier molecular flexibility index (Phi) is 4.18. The van der Waals surface area contributed by atoms with Crippen LogP contribution < -0.4 is 16.3 Å². The van der Waals surface area contributed by atoms with Gasteiger partial charge in [-0.1, -0.05) is 30.5 Å². The fourth-order valence-corrected chi connectivity index (χ4v) is 2.25. The second kappa shape index (κ2) is 6.43. The van der Waals surface area contributed by atoms with Crippen molar-refractivity contribution in [2.24, 2.45) is 0 Å². The molecule has 3 aromatic rings. The first-order chi connectivity index (χ1) is 10.8. The van der Waals surface area contributed by atoms with Crippen LogP contribution >= 0.6 is 0 Å². The molecule has 1 aromatic carbocycles. The van der Waals surface area contributed by atoms with E-state index in [1.54, 1.807) is 17.0 Å². The van der Waals surface area contributed by atoms with Crippen molar-refractivity contribution in [2.45, 2.75) is 13.4 Å². The molecule has 0 spiro atoms. The van der Waals surface area contributed by atoms with Gasteiger partial charge in [-0.05, 0) is 18.2 Å². The van der Waals surface area contributed by atoms with Gasteiger partial charge < -0.3 is 5.32 Å². The second-order valence-electron chi connectivity index (χ2n) is 4.95. The minimum absolute atomic E-state index is 0.0173. The zero-order valence-electron chi connectivity index (χ0n) is 12.4. The molecule has 2 aromatic heterocycles. The molecule has 3 rings (SSSR count). The summed E-state index contributed by atoms with van der Waals surface area (Å²) >= 11 is 0. The van der Waals surface area contributed by atoms with Crippen molar-refractivity contribution in [2.75, 3.05) is 11.9 Å². The molecule has 0 aliphatic heterocycles. The number of benzene rings is 1. The van der Waals surface area contributed by atoms with E-state index in [9.17, 15) is 4.79 Å². The van der Waals surface area contributed by atoms with E-state index in [0.29, 0.717) is 18.5 Å². The Bertz CT molecular complexity index is 829. The fraction of sp³-hybridized carbons (Fsp3) is 0.188. The molecular formula is C16H16BN4O. The van der Waals surface area contributed by atoms with Crippen molar-refractivity contribution in [1.82, 2.24) is 14.5 Å². The lowest BCUT2D eigenvalue weighted by molar-refractivity contribution is 0.688. The molecule has 0 unspecified atom stereocenters. The highest BCUT2D eigenvalue weighted by molar-refractivity contribution is 6.51. The van der Waals surface area contributed by atoms with Crippen molar-refractivity contribution in [1.29, 1.82) is 0 Å². The van der Waals surface area contributed by atoms with Crippen LogP contribution in [0.4, 0.5) is 5.82 Å². The number of nitrogens with zero attached hydrogens (tertiary/aromatic N) is 3. The number of hydrogen-bond donors (Lipinski definition) is 1. The highest BCUT2D eigenvalue weighted by Crippen LogP contribution is 2.04. The Morgan fingerprint density at radius 3 is 2.82 bits per heavy atom. The highest BCUT2D eigenvalue weighted by atomic mass is 16.1. The molecule has 0 aliphatic rings. The third-order valence-electron chi connectivity index (χ3n) is 3.51. The molecule has 0 atom stereocenters. The number of fused-ring (bicyclic) bond motifs is 1. The summed E-state index contributed by atoms with van der Waals surface area (Å²) in [6.45, 7) is 3.13. The van der Waals surface area contributed by atoms with E-state index in [2.05, 4.69) is 15.3 Å². The summed E-state index contributed by atoms with van der Waals surface area (Å²) in [7, 11) is 2.00. The predicted molar refractivity (Wildman–Crippen MR) is 90.0 cm³/mol. The number of pyridine rings is 1. The van der Waals surface area contributed by atoms with Crippen LogP contribution in [-0.2, 0) is 6.54 Å². The van der Waals surface area contributed by atoms with E-state index in [1.807, 2.05) is 50.6 Å². The Labute approximate surface area is 129 Å². The Balaban J connectivity index is 1.68. The summed E-state index contributed by atoms with van der Waals surface area (Å²) in [5, 5.41) is 3.85. The molecule has 0 saturated carbocycles.